The van der Waals surface area contributed by atoms with E-state index in [-0.39, 0.29) is 18.3 Å². The molecule has 0 atom stereocenters. The van der Waals surface area contributed by atoms with Crippen LogP contribution in [0.3, 0.4) is 0 Å². The number of benzene rings is 2. The Morgan fingerprint density at radius 2 is 1.65 bits per heavy atom. The van der Waals surface area contributed by atoms with Crippen LogP contribution in [-0.2, 0) is 6.54 Å². The van der Waals surface area contributed by atoms with Crippen LogP contribution in [0.25, 0.3) is 5.69 Å². The third-order valence-electron chi connectivity index (χ3n) is 6.41. The van der Waals surface area contributed by atoms with Gasteiger partial charge in [0, 0.05) is 13.1 Å². The van der Waals surface area contributed by atoms with Crippen LogP contribution in [0, 0.1) is 19.7 Å². The van der Waals surface area contributed by atoms with Gasteiger partial charge in [-0.3, -0.25) is 14.2 Å². The van der Waals surface area contributed by atoms with E-state index in [2.05, 4.69) is 5.10 Å². The molecule has 0 saturated heterocycles. The third kappa shape index (κ3) is 4.85. The SMILES string of the molecule is Cc1cc(C)cc(-n2nc(C(=O)N(C)C3CCCCC3)c(=O)n(Cc3ccc(F)cc3)c2=O)c1. The maximum atomic E-state index is 13.4. The molecule has 0 radical (unpaired) electrons. The lowest BCUT2D eigenvalue weighted by atomic mass is 9.94. The first kappa shape index (κ1) is 23.6. The number of carbonyl (C=O) groups excluding carboxylic acids is 1. The van der Waals surface area contributed by atoms with Gasteiger partial charge in [0.15, 0.2) is 0 Å². The summed E-state index contributed by atoms with van der Waals surface area (Å²) in [7, 11) is 1.69. The number of carbonyl (C=O) groups is 1. The Balaban J connectivity index is 1.86. The molecule has 0 aliphatic heterocycles. The van der Waals surface area contributed by atoms with E-state index < -0.39 is 23.0 Å². The molecule has 1 aromatic heterocycles. The quantitative estimate of drug-likeness (QED) is 0.578. The van der Waals surface area contributed by atoms with Crippen molar-refractivity contribution in [3.63, 3.8) is 0 Å². The molecule has 3 aromatic rings. The second-order valence-corrected chi connectivity index (χ2v) is 9.11. The summed E-state index contributed by atoms with van der Waals surface area (Å²) < 4.78 is 15.5. The zero-order chi connectivity index (χ0) is 24.4. The molecule has 1 aliphatic rings. The van der Waals surface area contributed by atoms with Crippen LogP contribution in [0.1, 0.15) is 59.3 Å². The van der Waals surface area contributed by atoms with Crippen LogP contribution in [0.4, 0.5) is 4.39 Å². The molecular weight excluding hydrogens is 435 g/mol. The predicted molar refractivity (Wildman–Crippen MR) is 128 cm³/mol. The molecule has 1 saturated carbocycles. The van der Waals surface area contributed by atoms with E-state index in [1.54, 1.807) is 24.1 Å². The molecule has 0 spiro atoms. The van der Waals surface area contributed by atoms with Crippen molar-refractivity contribution in [3.05, 3.63) is 91.5 Å². The maximum absolute atomic E-state index is 13.4. The Morgan fingerprint density at radius 1 is 1.03 bits per heavy atom. The van der Waals surface area contributed by atoms with Crippen molar-refractivity contribution >= 4 is 5.91 Å². The van der Waals surface area contributed by atoms with Crippen molar-refractivity contribution in [2.75, 3.05) is 7.05 Å². The van der Waals surface area contributed by atoms with Gasteiger partial charge in [0.1, 0.15) is 5.82 Å². The van der Waals surface area contributed by atoms with Crippen LogP contribution in [0.15, 0.2) is 52.1 Å². The topological polar surface area (TPSA) is 77.2 Å². The maximum Gasteiger partial charge on any atom is 0.352 e. The summed E-state index contributed by atoms with van der Waals surface area (Å²) in [5.41, 5.74) is 1.19. The molecule has 1 fully saturated rings. The molecule has 34 heavy (non-hydrogen) atoms. The fraction of sp³-hybridized carbons (Fsp3) is 0.385. The van der Waals surface area contributed by atoms with Crippen LogP contribution in [0.2, 0.25) is 0 Å². The Morgan fingerprint density at radius 3 is 2.26 bits per heavy atom. The number of aromatic nitrogens is 3. The number of nitrogens with zero attached hydrogens (tertiary/aromatic N) is 4. The second kappa shape index (κ2) is 9.75. The fourth-order valence-corrected chi connectivity index (χ4v) is 4.60. The van der Waals surface area contributed by atoms with Gasteiger partial charge in [0.25, 0.3) is 11.5 Å². The van der Waals surface area contributed by atoms with Crippen molar-refractivity contribution < 1.29 is 9.18 Å². The minimum absolute atomic E-state index is 0.0367. The molecule has 0 bridgehead atoms. The van der Waals surface area contributed by atoms with Crippen molar-refractivity contribution in [2.45, 2.75) is 58.5 Å². The smallest absolute Gasteiger partial charge is 0.337 e. The molecule has 2 aromatic carbocycles. The number of halogens is 1. The second-order valence-electron chi connectivity index (χ2n) is 9.11. The first-order chi connectivity index (χ1) is 16.2. The summed E-state index contributed by atoms with van der Waals surface area (Å²) >= 11 is 0. The molecule has 1 amide bonds. The Kier molecular flexibility index (Phi) is 6.77. The molecule has 4 rings (SSSR count). The molecule has 0 N–H and O–H groups in total. The summed E-state index contributed by atoms with van der Waals surface area (Å²) in [5, 5.41) is 4.28. The minimum Gasteiger partial charge on any atom is -0.337 e. The highest BCUT2D eigenvalue weighted by Gasteiger charge is 2.28. The van der Waals surface area contributed by atoms with Gasteiger partial charge < -0.3 is 4.90 Å². The first-order valence-corrected chi connectivity index (χ1v) is 11.6. The molecular formula is C26H29FN4O3. The lowest BCUT2D eigenvalue weighted by molar-refractivity contribution is 0.0684. The lowest BCUT2D eigenvalue weighted by Crippen LogP contribution is -2.48. The summed E-state index contributed by atoms with van der Waals surface area (Å²) in [6.07, 6.45) is 4.96. The number of hydrogen-bond acceptors (Lipinski definition) is 4. The van der Waals surface area contributed by atoms with Gasteiger partial charge in [0.2, 0.25) is 5.69 Å². The van der Waals surface area contributed by atoms with E-state index in [0.29, 0.717) is 11.3 Å². The average molecular weight is 465 g/mol. The molecule has 178 valence electrons. The van der Waals surface area contributed by atoms with Crippen LogP contribution in [-0.4, -0.2) is 38.2 Å². The highest BCUT2D eigenvalue weighted by atomic mass is 19.1. The van der Waals surface area contributed by atoms with Crippen molar-refractivity contribution in [1.29, 1.82) is 0 Å². The highest BCUT2D eigenvalue weighted by molar-refractivity contribution is 5.91. The summed E-state index contributed by atoms with van der Waals surface area (Å²) in [6, 6.07) is 11.1. The van der Waals surface area contributed by atoms with E-state index in [0.717, 1.165) is 52.5 Å². The Bertz CT molecular complexity index is 1300. The largest absolute Gasteiger partial charge is 0.352 e. The zero-order valence-corrected chi connectivity index (χ0v) is 19.8. The fourth-order valence-electron chi connectivity index (χ4n) is 4.60. The van der Waals surface area contributed by atoms with Gasteiger partial charge in [-0.2, -0.15) is 9.78 Å². The van der Waals surface area contributed by atoms with Crippen LogP contribution < -0.4 is 11.2 Å². The highest BCUT2D eigenvalue weighted by Crippen LogP contribution is 2.22. The van der Waals surface area contributed by atoms with Gasteiger partial charge in [-0.25, -0.2) is 9.18 Å². The van der Waals surface area contributed by atoms with E-state index in [4.69, 9.17) is 0 Å². The summed E-state index contributed by atoms with van der Waals surface area (Å²) in [4.78, 5) is 41.8. The monoisotopic (exact) mass is 464 g/mol. The van der Waals surface area contributed by atoms with Crippen LogP contribution >= 0.6 is 0 Å². The Hall–Kier alpha value is -3.55. The van der Waals surface area contributed by atoms with Gasteiger partial charge in [-0.1, -0.05) is 37.5 Å². The van der Waals surface area contributed by atoms with E-state index in [9.17, 15) is 18.8 Å². The summed E-state index contributed by atoms with van der Waals surface area (Å²) in [6.45, 7) is 3.71. The van der Waals surface area contributed by atoms with Gasteiger partial charge >= 0.3 is 5.69 Å². The predicted octanol–water partition coefficient (Wildman–Crippen LogP) is 3.60. The normalized spacial score (nSPS) is 14.2. The van der Waals surface area contributed by atoms with Gasteiger partial charge in [-0.15, -0.1) is 0 Å². The van der Waals surface area contributed by atoms with E-state index in [1.807, 2.05) is 19.9 Å². The summed E-state index contributed by atoms with van der Waals surface area (Å²) in [5.74, 6) is -0.911. The first-order valence-electron chi connectivity index (χ1n) is 11.6. The lowest BCUT2D eigenvalue weighted by Gasteiger charge is -2.30. The van der Waals surface area contributed by atoms with Gasteiger partial charge in [0.05, 0.1) is 12.2 Å². The number of rotatable bonds is 5. The molecule has 8 heteroatoms. The Labute approximate surface area is 197 Å². The van der Waals surface area contributed by atoms with Crippen molar-refractivity contribution in [3.8, 4) is 5.69 Å². The van der Waals surface area contributed by atoms with Crippen molar-refractivity contribution in [2.24, 2.45) is 0 Å². The standard InChI is InChI=1S/C26H29FN4O3/c1-17-13-18(2)15-22(14-17)31-26(34)30(16-19-9-11-20(27)12-10-19)25(33)23(28-31)24(32)29(3)21-7-5-4-6-8-21/h9-15,21H,4-8,16H2,1-3H3. The molecule has 7 nitrogen and oxygen atoms in total. The number of hydrogen-bond donors (Lipinski definition) is 0. The number of amides is 1. The van der Waals surface area contributed by atoms with Gasteiger partial charge in [-0.05, 0) is 67.6 Å². The molecule has 1 heterocycles. The molecule has 0 unspecified atom stereocenters. The van der Waals surface area contributed by atoms with Crippen LogP contribution in [0.5, 0.6) is 0 Å². The van der Waals surface area contributed by atoms with E-state index >= 15 is 0 Å². The van der Waals surface area contributed by atoms with Crippen molar-refractivity contribution in [1.82, 2.24) is 19.2 Å². The minimum atomic E-state index is -0.748. The zero-order valence-electron chi connectivity index (χ0n) is 19.8. The molecule has 1 aliphatic carbocycles. The van der Waals surface area contributed by atoms with E-state index in [1.165, 1.54) is 24.3 Å². The number of aryl methyl sites for hydroxylation is 2. The third-order valence-corrected chi connectivity index (χ3v) is 6.41. The average Bonchev–Trinajstić information content (AvgIpc) is 2.82.